The van der Waals surface area contributed by atoms with Crippen LogP contribution in [0.2, 0.25) is 0 Å². The van der Waals surface area contributed by atoms with E-state index in [1.165, 1.54) is 6.07 Å². The van der Waals surface area contributed by atoms with Crippen LogP contribution in [0.25, 0.3) is 0 Å². The van der Waals surface area contributed by atoms with Gasteiger partial charge in [-0.1, -0.05) is 0 Å². The zero-order valence-corrected chi connectivity index (χ0v) is 10.5. The highest BCUT2D eigenvalue weighted by Crippen LogP contribution is 2.09. The lowest BCUT2D eigenvalue weighted by atomic mass is 10.1. The van der Waals surface area contributed by atoms with Crippen LogP contribution in [-0.4, -0.2) is 25.0 Å². The molecule has 18 heavy (non-hydrogen) atoms. The van der Waals surface area contributed by atoms with Crippen molar-refractivity contribution in [3.05, 3.63) is 35.4 Å². The quantitative estimate of drug-likeness (QED) is 0.866. The zero-order valence-electron chi connectivity index (χ0n) is 9.71. The fourth-order valence-electron chi connectivity index (χ4n) is 1.88. The Morgan fingerprint density at radius 3 is 2.72 bits per heavy atom. The maximum Gasteiger partial charge on any atom is 0.251 e. The summed E-state index contributed by atoms with van der Waals surface area (Å²) in [4.78, 5) is 11.7. The van der Waals surface area contributed by atoms with Crippen LogP contribution in [0.3, 0.4) is 0 Å². The Morgan fingerprint density at radius 2 is 2.11 bits per heavy atom. The first-order valence-electron chi connectivity index (χ1n) is 5.63. The lowest BCUT2D eigenvalue weighted by Crippen LogP contribution is -2.45. The minimum absolute atomic E-state index is 0. The van der Waals surface area contributed by atoms with E-state index in [1.807, 2.05) is 0 Å². The van der Waals surface area contributed by atoms with Crippen molar-refractivity contribution in [3.8, 4) is 0 Å². The van der Waals surface area contributed by atoms with Gasteiger partial charge in [-0.2, -0.15) is 0 Å². The lowest BCUT2D eigenvalue weighted by Gasteiger charge is -2.23. The maximum absolute atomic E-state index is 13.0. The van der Waals surface area contributed by atoms with Crippen molar-refractivity contribution in [1.29, 1.82) is 0 Å². The number of hydrogen-bond acceptors (Lipinski definition) is 2. The Labute approximate surface area is 110 Å². The van der Waals surface area contributed by atoms with Gasteiger partial charge in [0.05, 0.1) is 0 Å². The summed E-state index contributed by atoms with van der Waals surface area (Å²) >= 11 is 0. The number of rotatable bonds is 2. The van der Waals surface area contributed by atoms with E-state index < -0.39 is 11.6 Å². The van der Waals surface area contributed by atoms with Gasteiger partial charge in [0.25, 0.3) is 5.91 Å². The summed E-state index contributed by atoms with van der Waals surface area (Å²) in [5.41, 5.74) is 0.148. The molecule has 1 aromatic rings. The molecule has 1 unspecified atom stereocenters. The molecule has 2 rings (SSSR count). The predicted octanol–water partition coefficient (Wildman–Crippen LogP) is 1.87. The number of halogens is 3. The Bertz CT molecular complexity index is 423. The second-order valence-electron chi connectivity index (χ2n) is 4.15. The molecule has 2 N–H and O–H groups in total. The molecule has 1 aromatic carbocycles. The molecule has 0 aliphatic carbocycles. The van der Waals surface area contributed by atoms with Gasteiger partial charge in [0.2, 0.25) is 0 Å². The number of hydrogen-bond donors (Lipinski definition) is 2. The highest BCUT2D eigenvalue weighted by molar-refractivity contribution is 5.94. The van der Waals surface area contributed by atoms with E-state index in [9.17, 15) is 13.6 Å². The molecule has 1 aliphatic heterocycles. The molecule has 1 atom stereocenters. The van der Waals surface area contributed by atoms with E-state index in [4.69, 9.17) is 0 Å². The second kappa shape index (κ2) is 6.66. The van der Waals surface area contributed by atoms with Crippen LogP contribution < -0.4 is 10.6 Å². The van der Waals surface area contributed by atoms with Crippen molar-refractivity contribution in [2.75, 3.05) is 13.1 Å². The Morgan fingerprint density at radius 1 is 1.33 bits per heavy atom. The van der Waals surface area contributed by atoms with E-state index in [2.05, 4.69) is 10.6 Å². The molecule has 1 aliphatic rings. The average Bonchev–Trinajstić information content (AvgIpc) is 2.34. The van der Waals surface area contributed by atoms with Gasteiger partial charge < -0.3 is 10.6 Å². The third-order valence-electron chi connectivity index (χ3n) is 2.81. The van der Waals surface area contributed by atoms with Gasteiger partial charge in [-0.15, -0.1) is 12.4 Å². The number of carbonyl (C=O) groups is 1. The number of carbonyl (C=O) groups excluding carboxylic acids is 1. The highest BCUT2D eigenvalue weighted by Gasteiger charge is 2.17. The Balaban J connectivity index is 0.00000162. The first-order valence-corrected chi connectivity index (χ1v) is 5.63. The minimum atomic E-state index is -1.00. The number of nitrogens with one attached hydrogen (secondary N) is 2. The van der Waals surface area contributed by atoms with Crippen LogP contribution in [0.15, 0.2) is 18.2 Å². The van der Waals surface area contributed by atoms with Gasteiger partial charge in [-0.3, -0.25) is 4.79 Å². The van der Waals surface area contributed by atoms with Gasteiger partial charge in [-0.25, -0.2) is 8.78 Å². The molecule has 100 valence electrons. The van der Waals surface area contributed by atoms with Crippen molar-refractivity contribution >= 4 is 18.3 Å². The SMILES string of the molecule is Cl.O=C(NC1CCCNC1)c1ccc(F)c(F)c1. The number of amides is 1. The molecule has 1 heterocycles. The van der Waals surface area contributed by atoms with Gasteiger partial charge in [0.1, 0.15) is 0 Å². The Kier molecular flexibility index (Phi) is 5.50. The summed E-state index contributed by atoms with van der Waals surface area (Å²) in [5, 5.41) is 5.95. The number of benzene rings is 1. The fraction of sp³-hybridized carbons (Fsp3) is 0.417. The Hall–Kier alpha value is -1.20. The summed E-state index contributed by atoms with van der Waals surface area (Å²) in [7, 11) is 0. The first kappa shape index (κ1) is 14.9. The smallest absolute Gasteiger partial charge is 0.251 e. The first-order chi connectivity index (χ1) is 8.16. The van der Waals surface area contributed by atoms with Crippen LogP contribution in [-0.2, 0) is 0 Å². The number of piperidine rings is 1. The van der Waals surface area contributed by atoms with Crippen LogP contribution in [0.5, 0.6) is 0 Å². The average molecular weight is 277 g/mol. The van der Waals surface area contributed by atoms with E-state index in [0.717, 1.165) is 38.1 Å². The van der Waals surface area contributed by atoms with E-state index in [0.29, 0.717) is 0 Å². The lowest BCUT2D eigenvalue weighted by molar-refractivity contribution is 0.0930. The molecule has 6 heteroatoms. The fourth-order valence-corrected chi connectivity index (χ4v) is 1.88. The molecule has 0 bridgehead atoms. The molecule has 0 spiro atoms. The van der Waals surface area contributed by atoms with Crippen LogP contribution in [0, 0.1) is 11.6 Å². The highest BCUT2D eigenvalue weighted by atomic mass is 35.5. The monoisotopic (exact) mass is 276 g/mol. The van der Waals surface area contributed by atoms with Crippen molar-refractivity contribution in [3.63, 3.8) is 0 Å². The predicted molar refractivity (Wildman–Crippen MR) is 67.0 cm³/mol. The molecule has 3 nitrogen and oxygen atoms in total. The minimum Gasteiger partial charge on any atom is -0.348 e. The van der Waals surface area contributed by atoms with Crippen molar-refractivity contribution in [1.82, 2.24) is 10.6 Å². The van der Waals surface area contributed by atoms with Gasteiger partial charge in [0.15, 0.2) is 11.6 Å². The molecule has 0 aromatic heterocycles. The summed E-state index contributed by atoms with van der Waals surface area (Å²) in [6.07, 6.45) is 1.91. The summed E-state index contributed by atoms with van der Waals surface area (Å²) < 4.78 is 25.7. The van der Waals surface area contributed by atoms with E-state index in [-0.39, 0.29) is 29.9 Å². The third kappa shape index (κ3) is 3.65. The molecular formula is C12H15ClF2N2O. The van der Waals surface area contributed by atoms with Crippen LogP contribution in [0.4, 0.5) is 8.78 Å². The van der Waals surface area contributed by atoms with Gasteiger partial charge in [0, 0.05) is 18.2 Å². The topological polar surface area (TPSA) is 41.1 Å². The summed E-state index contributed by atoms with van der Waals surface area (Å²) in [6, 6.07) is 3.22. The maximum atomic E-state index is 13.0. The molecule has 0 radical (unpaired) electrons. The van der Waals surface area contributed by atoms with Crippen molar-refractivity contribution in [2.24, 2.45) is 0 Å². The third-order valence-corrected chi connectivity index (χ3v) is 2.81. The van der Waals surface area contributed by atoms with Crippen LogP contribution in [0.1, 0.15) is 23.2 Å². The molecule has 1 saturated heterocycles. The largest absolute Gasteiger partial charge is 0.348 e. The molecule has 1 fully saturated rings. The van der Waals surface area contributed by atoms with E-state index >= 15 is 0 Å². The molecule has 0 saturated carbocycles. The summed E-state index contributed by atoms with van der Waals surface area (Å²) in [5.74, 6) is -2.31. The van der Waals surface area contributed by atoms with Crippen molar-refractivity contribution < 1.29 is 13.6 Å². The summed E-state index contributed by atoms with van der Waals surface area (Å²) in [6.45, 7) is 1.67. The van der Waals surface area contributed by atoms with Crippen LogP contribution >= 0.6 is 12.4 Å². The normalized spacial score (nSPS) is 18.9. The van der Waals surface area contributed by atoms with Crippen molar-refractivity contribution in [2.45, 2.75) is 18.9 Å². The zero-order chi connectivity index (χ0) is 12.3. The molecule has 1 amide bonds. The van der Waals surface area contributed by atoms with Gasteiger partial charge in [-0.05, 0) is 37.6 Å². The van der Waals surface area contributed by atoms with Gasteiger partial charge >= 0.3 is 0 Å². The second-order valence-corrected chi connectivity index (χ2v) is 4.15. The standard InChI is InChI=1S/C12H14F2N2O.ClH/c13-10-4-3-8(6-11(10)14)12(17)16-9-2-1-5-15-7-9;/h3-4,6,9,15H,1-2,5,7H2,(H,16,17);1H. The van der Waals surface area contributed by atoms with E-state index in [1.54, 1.807) is 0 Å². The molecular weight excluding hydrogens is 262 g/mol.